The summed E-state index contributed by atoms with van der Waals surface area (Å²) in [6.45, 7) is 9.64. The van der Waals surface area contributed by atoms with Gasteiger partial charge in [-0.25, -0.2) is 4.98 Å². The molecule has 0 aliphatic heterocycles. The van der Waals surface area contributed by atoms with Crippen LogP contribution in [0.4, 0.5) is 5.82 Å². The molecule has 2 rings (SSSR count). The number of amides is 1. The smallest absolute Gasteiger partial charge is 0.255 e. The second kappa shape index (κ2) is 3.97. The minimum absolute atomic E-state index is 0.140. The minimum atomic E-state index is -0.140. The summed E-state index contributed by atoms with van der Waals surface area (Å²) in [6.07, 6.45) is 1.58. The maximum Gasteiger partial charge on any atom is 0.255 e. The number of rotatable bonds is 3. The fourth-order valence-corrected chi connectivity index (χ4v) is 2.74. The van der Waals surface area contributed by atoms with E-state index in [9.17, 15) is 4.79 Å². The topological polar surface area (TPSA) is 68.0 Å². The van der Waals surface area contributed by atoms with E-state index in [0.29, 0.717) is 18.0 Å². The zero-order chi connectivity index (χ0) is 13.6. The van der Waals surface area contributed by atoms with Crippen LogP contribution in [0.2, 0.25) is 0 Å². The molecule has 1 amide bonds. The molecule has 0 aromatic carbocycles. The number of carbonyl (C=O) groups is 1. The molecule has 18 heavy (non-hydrogen) atoms. The van der Waals surface area contributed by atoms with Crippen LogP contribution in [0.3, 0.4) is 0 Å². The normalized spacial score (nSPS) is 20.4. The standard InChI is InChI=1S/C14H21N3O/c1-13(2)10(14(13,3)4)8-17-12(18)9-6-5-7-16-11(9)15/h5-7,10H,8H2,1-4H3,(H2,15,16)(H,17,18). The van der Waals surface area contributed by atoms with Gasteiger partial charge in [-0.3, -0.25) is 4.79 Å². The highest BCUT2D eigenvalue weighted by atomic mass is 16.1. The van der Waals surface area contributed by atoms with Crippen molar-refractivity contribution < 1.29 is 4.79 Å². The molecule has 1 saturated carbocycles. The molecule has 0 atom stereocenters. The predicted octanol–water partition coefficient (Wildman–Crippen LogP) is 2.08. The van der Waals surface area contributed by atoms with Crippen LogP contribution < -0.4 is 11.1 Å². The summed E-state index contributed by atoms with van der Waals surface area (Å²) in [6, 6.07) is 3.41. The molecule has 1 fully saturated rings. The van der Waals surface area contributed by atoms with E-state index in [0.717, 1.165) is 0 Å². The van der Waals surface area contributed by atoms with Crippen molar-refractivity contribution in [2.75, 3.05) is 12.3 Å². The molecule has 0 spiro atoms. The first-order valence-electron chi connectivity index (χ1n) is 6.27. The molecule has 1 aliphatic rings. The van der Waals surface area contributed by atoms with Gasteiger partial charge in [0.1, 0.15) is 5.82 Å². The van der Waals surface area contributed by atoms with Gasteiger partial charge in [-0.2, -0.15) is 0 Å². The van der Waals surface area contributed by atoms with Gasteiger partial charge in [-0.15, -0.1) is 0 Å². The van der Waals surface area contributed by atoms with Crippen molar-refractivity contribution in [1.82, 2.24) is 10.3 Å². The van der Waals surface area contributed by atoms with Crippen LogP contribution in [-0.4, -0.2) is 17.4 Å². The Hall–Kier alpha value is -1.58. The zero-order valence-electron chi connectivity index (χ0n) is 11.4. The SMILES string of the molecule is CC1(C)C(CNC(=O)c2cccnc2N)C1(C)C. The number of anilines is 1. The molecule has 0 radical (unpaired) electrons. The highest BCUT2D eigenvalue weighted by molar-refractivity contribution is 5.98. The lowest BCUT2D eigenvalue weighted by Crippen LogP contribution is -2.28. The van der Waals surface area contributed by atoms with Crippen molar-refractivity contribution >= 4 is 11.7 Å². The maximum absolute atomic E-state index is 12.0. The highest BCUT2D eigenvalue weighted by Crippen LogP contribution is 2.67. The largest absolute Gasteiger partial charge is 0.383 e. The fourth-order valence-electron chi connectivity index (χ4n) is 2.74. The number of nitrogen functional groups attached to an aromatic ring is 1. The van der Waals surface area contributed by atoms with E-state index in [1.54, 1.807) is 18.3 Å². The van der Waals surface area contributed by atoms with E-state index < -0.39 is 0 Å². The van der Waals surface area contributed by atoms with Crippen LogP contribution in [0.25, 0.3) is 0 Å². The third kappa shape index (κ3) is 1.85. The number of aromatic nitrogens is 1. The minimum Gasteiger partial charge on any atom is -0.383 e. The van der Waals surface area contributed by atoms with Crippen molar-refractivity contribution in [3.63, 3.8) is 0 Å². The van der Waals surface area contributed by atoms with Crippen molar-refractivity contribution in [1.29, 1.82) is 0 Å². The summed E-state index contributed by atoms with van der Waals surface area (Å²) in [5.74, 6) is 0.648. The van der Waals surface area contributed by atoms with Crippen LogP contribution in [0.15, 0.2) is 18.3 Å². The molecule has 0 unspecified atom stereocenters. The van der Waals surface area contributed by atoms with E-state index in [1.807, 2.05) is 0 Å². The first-order valence-corrected chi connectivity index (χ1v) is 6.27. The van der Waals surface area contributed by atoms with Gasteiger partial charge in [0, 0.05) is 12.7 Å². The van der Waals surface area contributed by atoms with E-state index in [2.05, 4.69) is 38.0 Å². The van der Waals surface area contributed by atoms with Gasteiger partial charge in [0.15, 0.2) is 0 Å². The number of hydrogen-bond acceptors (Lipinski definition) is 3. The first kappa shape index (κ1) is 12.9. The van der Waals surface area contributed by atoms with Crippen molar-refractivity contribution in [3.05, 3.63) is 23.9 Å². The van der Waals surface area contributed by atoms with Gasteiger partial charge in [0.2, 0.25) is 0 Å². The molecular formula is C14H21N3O. The predicted molar refractivity (Wildman–Crippen MR) is 72.0 cm³/mol. The number of carbonyl (C=O) groups excluding carboxylic acids is 1. The quantitative estimate of drug-likeness (QED) is 0.859. The Morgan fingerprint density at radius 1 is 1.39 bits per heavy atom. The summed E-state index contributed by atoms with van der Waals surface area (Å²) in [5, 5.41) is 2.95. The number of nitrogens with two attached hydrogens (primary N) is 1. The number of nitrogens with one attached hydrogen (secondary N) is 1. The van der Waals surface area contributed by atoms with Crippen LogP contribution in [-0.2, 0) is 0 Å². The molecule has 1 heterocycles. The summed E-state index contributed by atoms with van der Waals surface area (Å²) in [7, 11) is 0. The van der Waals surface area contributed by atoms with Crippen LogP contribution >= 0.6 is 0 Å². The zero-order valence-corrected chi connectivity index (χ0v) is 11.4. The van der Waals surface area contributed by atoms with Crippen molar-refractivity contribution in [3.8, 4) is 0 Å². The van der Waals surface area contributed by atoms with Crippen molar-refractivity contribution in [2.24, 2.45) is 16.7 Å². The molecule has 0 saturated heterocycles. The molecule has 1 aromatic rings. The third-order valence-electron chi connectivity index (χ3n) is 4.87. The molecule has 0 bridgehead atoms. The molecule has 4 heteroatoms. The summed E-state index contributed by atoms with van der Waals surface area (Å²) < 4.78 is 0. The van der Waals surface area contributed by atoms with Gasteiger partial charge in [-0.05, 0) is 28.9 Å². The molecule has 3 N–H and O–H groups in total. The Bertz CT molecular complexity index is 466. The van der Waals surface area contributed by atoms with Gasteiger partial charge < -0.3 is 11.1 Å². The van der Waals surface area contributed by atoms with Gasteiger partial charge in [0.05, 0.1) is 5.56 Å². The Labute approximate surface area is 108 Å². The van der Waals surface area contributed by atoms with Crippen LogP contribution in [0.1, 0.15) is 38.1 Å². The van der Waals surface area contributed by atoms with Crippen molar-refractivity contribution in [2.45, 2.75) is 27.7 Å². The second-order valence-electron chi connectivity index (χ2n) is 6.14. The van der Waals surface area contributed by atoms with E-state index in [-0.39, 0.29) is 22.6 Å². The summed E-state index contributed by atoms with van der Waals surface area (Å²) in [5.41, 5.74) is 6.69. The lowest BCUT2D eigenvalue weighted by atomic mass is 10.0. The lowest BCUT2D eigenvalue weighted by Gasteiger charge is -2.07. The summed E-state index contributed by atoms with van der Waals surface area (Å²) in [4.78, 5) is 15.9. The maximum atomic E-state index is 12.0. The number of hydrogen-bond donors (Lipinski definition) is 2. The Kier molecular flexibility index (Phi) is 2.84. The average Bonchev–Trinajstić information content (AvgIpc) is 2.67. The number of pyridine rings is 1. The van der Waals surface area contributed by atoms with E-state index >= 15 is 0 Å². The Morgan fingerprint density at radius 3 is 2.50 bits per heavy atom. The molecule has 1 aromatic heterocycles. The lowest BCUT2D eigenvalue weighted by molar-refractivity contribution is 0.0950. The summed E-state index contributed by atoms with van der Waals surface area (Å²) >= 11 is 0. The van der Waals surface area contributed by atoms with Gasteiger partial charge in [0.25, 0.3) is 5.91 Å². The highest BCUT2D eigenvalue weighted by Gasteiger charge is 2.64. The van der Waals surface area contributed by atoms with Gasteiger partial charge in [-0.1, -0.05) is 27.7 Å². The molecule has 1 aliphatic carbocycles. The molecule has 98 valence electrons. The van der Waals surface area contributed by atoms with E-state index in [1.165, 1.54) is 0 Å². The fraction of sp³-hybridized carbons (Fsp3) is 0.571. The monoisotopic (exact) mass is 247 g/mol. The van der Waals surface area contributed by atoms with Crippen LogP contribution in [0, 0.1) is 16.7 Å². The average molecular weight is 247 g/mol. The second-order valence-corrected chi connectivity index (χ2v) is 6.14. The first-order chi connectivity index (χ1) is 8.28. The van der Waals surface area contributed by atoms with Gasteiger partial charge >= 0.3 is 0 Å². The third-order valence-corrected chi connectivity index (χ3v) is 4.87. The Balaban J connectivity index is 1.97. The molecule has 4 nitrogen and oxygen atoms in total. The molecular weight excluding hydrogens is 226 g/mol. The van der Waals surface area contributed by atoms with Crippen LogP contribution in [0.5, 0.6) is 0 Å². The van der Waals surface area contributed by atoms with E-state index in [4.69, 9.17) is 5.73 Å². The number of nitrogens with zero attached hydrogens (tertiary/aromatic N) is 1. The Morgan fingerprint density at radius 2 is 2.00 bits per heavy atom.